The van der Waals surface area contributed by atoms with Crippen LogP contribution in [0.25, 0.3) is 0 Å². The summed E-state index contributed by atoms with van der Waals surface area (Å²) < 4.78 is 20.4. The second-order valence-electron chi connectivity index (χ2n) is 11.5. The summed E-state index contributed by atoms with van der Waals surface area (Å²) >= 11 is 9.67. The van der Waals surface area contributed by atoms with Gasteiger partial charge in [-0.3, -0.25) is 9.69 Å². The Morgan fingerprint density at radius 3 is 2.49 bits per heavy atom. The third-order valence-electron chi connectivity index (χ3n) is 7.78. The molecule has 0 bridgehead atoms. The summed E-state index contributed by atoms with van der Waals surface area (Å²) in [5.74, 6) is -0.351. The average molecular weight is 635 g/mol. The van der Waals surface area contributed by atoms with Crippen LogP contribution in [0.4, 0.5) is 10.1 Å². The number of halogens is 3. The van der Waals surface area contributed by atoms with Crippen LogP contribution in [0.5, 0.6) is 5.75 Å². The van der Waals surface area contributed by atoms with E-state index in [1.54, 1.807) is 0 Å². The first-order chi connectivity index (χ1) is 19.4. The molecule has 0 amide bonds. The SMILES string of the molecule is Cc1cc(C)c(C2C(C#N)=C(N)N(c3ccc(Br)cc3)C3=C2C(=O)CC(C)(C)C3)cc1COc1ccc(F)cc1Cl. The van der Waals surface area contributed by atoms with E-state index in [0.717, 1.165) is 38.1 Å². The minimum absolute atomic E-state index is 0.0134. The van der Waals surface area contributed by atoms with Gasteiger partial charge in [-0.05, 0) is 90.4 Å². The van der Waals surface area contributed by atoms with E-state index in [-0.39, 0.29) is 22.8 Å². The second-order valence-corrected chi connectivity index (χ2v) is 12.8. The molecule has 0 fully saturated rings. The molecule has 210 valence electrons. The number of rotatable bonds is 5. The molecule has 5 nitrogen and oxygen atoms in total. The molecule has 2 aliphatic rings. The lowest BCUT2D eigenvalue weighted by atomic mass is 9.68. The highest BCUT2D eigenvalue weighted by Gasteiger charge is 2.45. The van der Waals surface area contributed by atoms with Crippen molar-refractivity contribution in [3.8, 4) is 11.8 Å². The molecule has 1 aliphatic carbocycles. The van der Waals surface area contributed by atoms with E-state index in [1.807, 2.05) is 55.1 Å². The summed E-state index contributed by atoms with van der Waals surface area (Å²) in [5, 5.41) is 10.7. The molecule has 0 aromatic heterocycles. The van der Waals surface area contributed by atoms with Gasteiger partial charge in [-0.2, -0.15) is 5.26 Å². The molecule has 2 N–H and O–H groups in total. The number of ketones is 1. The van der Waals surface area contributed by atoms with Gasteiger partial charge in [0.1, 0.15) is 24.0 Å². The Balaban J connectivity index is 1.65. The fourth-order valence-corrected chi connectivity index (χ4v) is 6.32. The lowest BCUT2D eigenvalue weighted by molar-refractivity contribution is -0.118. The first-order valence-electron chi connectivity index (χ1n) is 13.3. The van der Waals surface area contributed by atoms with Crippen molar-refractivity contribution in [1.29, 1.82) is 5.26 Å². The van der Waals surface area contributed by atoms with Crippen molar-refractivity contribution in [2.24, 2.45) is 11.1 Å². The van der Waals surface area contributed by atoms with Crippen LogP contribution in [-0.2, 0) is 11.4 Å². The van der Waals surface area contributed by atoms with Crippen LogP contribution in [0, 0.1) is 36.4 Å². The molecule has 1 heterocycles. The summed E-state index contributed by atoms with van der Waals surface area (Å²) in [6.45, 7) is 8.29. The summed E-state index contributed by atoms with van der Waals surface area (Å²) in [5.41, 5.74) is 12.7. The Morgan fingerprint density at radius 2 is 1.83 bits per heavy atom. The van der Waals surface area contributed by atoms with Crippen LogP contribution in [-0.4, -0.2) is 5.78 Å². The van der Waals surface area contributed by atoms with Crippen LogP contribution in [0.3, 0.4) is 0 Å². The minimum atomic E-state index is -0.612. The number of anilines is 1. The zero-order chi connectivity index (χ0) is 29.6. The highest BCUT2D eigenvalue weighted by Crippen LogP contribution is 2.51. The fourth-order valence-electron chi connectivity index (χ4n) is 5.84. The van der Waals surface area contributed by atoms with E-state index in [2.05, 4.69) is 35.8 Å². The van der Waals surface area contributed by atoms with Gasteiger partial charge in [0.05, 0.1) is 22.6 Å². The molecule has 8 heteroatoms. The van der Waals surface area contributed by atoms with Gasteiger partial charge in [-0.25, -0.2) is 4.39 Å². The number of allylic oxidation sites excluding steroid dienone is 3. The van der Waals surface area contributed by atoms with E-state index in [0.29, 0.717) is 35.6 Å². The molecule has 1 unspecified atom stereocenters. The molecule has 0 radical (unpaired) electrons. The smallest absolute Gasteiger partial charge is 0.162 e. The van der Waals surface area contributed by atoms with Crippen molar-refractivity contribution in [2.45, 2.75) is 53.1 Å². The average Bonchev–Trinajstić information content (AvgIpc) is 2.89. The van der Waals surface area contributed by atoms with Gasteiger partial charge in [-0.15, -0.1) is 0 Å². The highest BCUT2D eigenvalue weighted by molar-refractivity contribution is 9.10. The zero-order valence-corrected chi connectivity index (χ0v) is 25.7. The van der Waals surface area contributed by atoms with E-state index >= 15 is 0 Å². The molecule has 1 atom stereocenters. The molecule has 5 rings (SSSR count). The third kappa shape index (κ3) is 5.51. The number of nitriles is 1. The number of Topliss-reactive ketones (excluding diaryl/α,β-unsaturated/α-hetero) is 1. The van der Waals surface area contributed by atoms with Crippen molar-refractivity contribution in [3.05, 3.63) is 115 Å². The number of carbonyl (C=O) groups excluding carboxylic acids is 1. The Morgan fingerprint density at radius 1 is 1.12 bits per heavy atom. The number of hydrogen-bond acceptors (Lipinski definition) is 5. The largest absolute Gasteiger partial charge is 0.487 e. The van der Waals surface area contributed by atoms with Gasteiger partial charge in [0.25, 0.3) is 0 Å². The maximum atomic E-state index is 13.9. The Bertz CT molecular complexity index is 1670. The summed E-state index contributed by atoms with van der Waals surface area (Å²) in [4.78, 5) is 15.8. The van der Waals surface area contributed by atoms with E-state index in [9.17, 15) is 14.4 Å². The van der Waals surface area contributed by atoms with Crippen molar-refractivity contribution in [3.63, 3.8) is 0 Å². The molecule has 41 heavy (non-hydrogen) atoms. The maximum absolute atomic E-state index is 13.9. The third-order valence-corrected chi connectivity index (χ3v) is 8.60. The molecule has 1 aliphatic heterocycles. The number of nitrogens with two attached hydrogens (primary N) is 1. The molecular formula is C33H30BrClFN3O2. The maximum Gasteiger partial charge on any atom is 0.162 e. The van der Waals surface area contributed by atoms with Crippen LogP contribution in [0.15, 0.2) is 81.7 Å². The Kier molecular flexibility index (Phi) is 7.76. The number of aryl methyl sites for hydroxylation is 2. The highest BCUT2D eigenvalue weighted by atomic mass is 79.9. The van der Waals surface area contributed by atoms with Gasteiger partial charge in [-0.1, -0.05) is 53.5 Å². The summed E-state index contributed by atoms with van der Waals surface area (Å²) in [6.07, 6.45) is 1.00. The monoisotopic (exact) mass is 633 g/mol. The van der Waals surface area contributed by atoms with E-state index < -0.39 is 11.7 Å². The van der Waals surface area contributed by atoms with Crippen LogP contribution >= 0.6 is 27.5 Å². The number of carbonyl (C=O) groups is 1. The summed E-state index contributed by atoms with van der Waals surface area (Å²) in [7, 11) is 0. The normalized spacial score (nSPS) is 18.3. The predicted octanol–water partition coefficient (Wildman–Crippen LogP) is 8.38. The lowest BCUT2D eigenvalue weighted by Gasteiger charge is -2.44. The molecule has 3 aromatic carbocycles. The van der Waals surface area contributed by atoms with Crippen LogP contribution < -0.4 is 15.4 Å². The molecular weight excluding hydrogens is 605 g/mol. The Hall–Kier alpha value is -3.60. The topological polar surface area (TPSA) is 79.4 Å². The van der Waals surface area contributed by atoms with Gasteiger partial charge in [0.2, 0.25) is 0 Å². The van der Waals surface area contributed by atoms with E-state index in [4.69, 9.17) is 22.1 Å². The quantitative estimate of drug-likeness (QED) is 0.305. The first-order valence-corrected chi connectivity index (χ1v) is 14.5. The Labute approximate surface area is 253 Å². The number of benzene rings is 3. The molecule has 0 saturated heterocycles. The van der Waals surface area contributed by atoms with Gasteiger partial charge in [0, 0.05) is 27.9 Å². The van der Waals surface area contributed by atoms with Crippen molar-refractivity contribution < 1.29 is 13.9 Å². The minimum Gasteiger partial charge on any atom is -0.487 e. The molecule has 3 aromatic rings. The lowest BCUT2D eigenvalue weighted by Crippen LogP contribution is -2.42. The predicted molar refractivity (Wildman–Crippen MR) is 163 cm³/mol. The van der Waals surface area contributed by atoms with Gasteiger partial charge < -0.3 is 10.5 Å². The van der Waals surface area contributed by atoms with Crippen LogP contribution in [0.1, 0.15) is 54.9 Å². The fraction of sp³-hybridized carbons (Fsp3) is 0.273. The van der Waals surface area contributed by atoms with Gasteiger partial charge in [0.15, 0.2) is 5.78 Å². The molecule has 0 spiro atoms. The number of hydrogen-bond donors (Lipinski definition) is 1. The number of nitrogens with zero attached hydrogens (tertiary/aromatic N) is 2. The standard InChI is InChI=1S/C33H30BrClFN3O2/c1-18-11-19(2)24(12-20(18)17-41-29-10-7-22(36)13-26(29)35)30-25(16-37)32(38)39(23-8-5-21(34)6-9-23)27-14-33(3,4)15-28(40)31(27)30/h5-13,30H,14-15,17,38H2,1-4H3. The first kappa shape index (κ1) is 28.9. The zero-order valence-electron chi connectivity index (χ0n) is 23.3. The van der Waals surface area contributed by atoms with Crippen molar-refractivity contribution >= 4 is 39.0 Å². The second kappa shape index (κ2) is 11.0. The van der Waals surface area contributed by atoms with Gasteiger partial charge >= 0.3 is 0 Å². The van der Waals surface area contributed by atoms with Crippen molar-refractivity contribution in [2.75, 3.05) is 4.90 Å². The van der Waals surface area contributed by atoms with E-state index in [1.165, 1.54) is 18.2 Å². The number of ether oxygens (including phenoxy) is 1. The van der Waals surface area contributed by atoms with Crippen LogP contribution in [0.2, 0.25) is 5.02 Å². The summed E-state index contributed by atoms with van der Waals surface area (Å²) in [6, 6.07) is 18.1. The molecule has 0 saturated carbocycles. The van der Waals surface area contributed by atoms with Crippen molar-refractivity contribution in [1.82, 2.24) is 0 Å².